The third-order valence-electron chi connectivity index (χ3n) is 6.33. The normalized spacial score (nSPS) is 14.5. The number of benzene rings is 2. The van der Waals surface area contributed by atoms with Crippen LogP contribution in [0.5, 0.6) is 0 Å². The molecular weight excluding hydrogens is 490 g/mol. The average molecular weight is 518 g/mol. The maximum absolute atomic E-state index is 12.9. The Morgan fingerprint density at radius 3 is 2.39 bits per heavy atom. The summed E-state index contributed by atoms with van der Waals surface area (Å²) in [6.45, 7) is 4.96. The number of para-hydroxylation sites is 2. The van der Waals surface area contributed by atoms with Gasteiger partial charge in [0.05, 0.1) is 15.3 Å². The molecule has 1 aliphatic heterocycles. The molecule has 1 aromatic heterocycles. The average Bonchev–Trinajstić information content (AvgIpc) is 3.19. The molecule has 1 fully saturated rings. The zero-order valence-electron chi connectivity index (χ0n) is 20.0. The van der Waals surface area contributed by atoms with E-state index in [-0.39, 0.29) is 36.1 Å². The van der Waals surface area contributed by atoms with E-state index in [0.29, 0.717) is 43.0 Å². The van der Waals surface area contributed by atoms with E-state index in [1.54, 1.807) is 47.9 Å². The summed E-state index contributed by atoms with van der Waals surface area (Å²) in [5.41, 5.74) is 0.922. The van der Waals surface area contributed by atoms with Crippen molar-refractivity contribution >= 4 is 38.4 Å². The highest BCUT2D eigenvalue weighted by Gasteiger charge is 2.30. The molecule has 0 unspecified atom stereocenters. The molecule has 36 heavy (non-hydrogen) atoms. The second kappa shape index (κ2) is 10.1. The summed E-state index contributed by atoms with van der Waals surface area (Å²) in [6.07, 6.45) is 0. The third kappa shape index (κ3) is 4.71. The molecule has 0 bridgehead atoms. The number of rotatable bonds is 8. The van der Waals surface area contributed by atoms with Crippen LogP contribution in [0.15, 0.2) is 56.6 Å². The maximum Gasteiger partial charge on any atom is 0.420 e. The molecule has 0 atom stereocenters. The van der Waals surface area contributed by atoms with Crippen LogP contribution in [0, 0.1) is 10.1 Å². The van der Waals surface area contributed by atoms with Gasteiger partial charge in [-0.2, -0.15) is 4.31 Å². The number of hydrogen-bond acceptors (Lipinski definition) is 8. The lowest BCUT2D eigenvalue weighted by atomic mass is 10.2. The number of oxazole rings is 1. The van der Waals surface area contributed by atoms with Crippen LogP contribution in [0.2, 0.25) is 0 Å². The van der Waals surface area contributed by atoms with Crippen LogP contribution in [0.25, 0.3) is 11.1 Å². The van der Waals surface area contributed by atoms with Crippen molar-refractivity contribution in [3.8, 4) is 0 Å². The lowest BCUT2D eigenvalue weighted by Gasteiger charge is -2.36. The molecular formula is C23H27N5O7S. The lowest BCUT2D eigenvalue weighted by molar-refractivity contribution is -0.384. The largest absolute Gasteiger partial charge is 0.420 e. The van der Waals surface area contributed by atoms with E-state index in [4.69, 9.17) is 4.42 Å². The van der Waals surface area contributed by atoms with Gasteiger partial charge in [-0.3, -0.25) is 19.5 Å². The number of nitro benzene ring substituents is 1. The van der Waals surface area contributed by atoms with Crippen molar-refractivity contribution in [1.82, 2.24) is 13.8 Å². The Hall–Kier alpha value is -3.71. The van der Waals surface area contributed by atoms with E-state index >= 15 is 0 Å². The quantitative estimate of drug-likeness (QED) is 0.326. The first-order valence-corrected chi connectivity index (χ1v) is 13.0. The Morgan fingerprint density at radius 2 is 1.75 bits per heavy atom. The minimum absolute atomic E-state index is 0.131. The number of piperazine rings is 1. The van der Waals surface area contributed by atoms with Crippen molar-refractivity contribution in [2.45, 2.75) is 25.3 Å². The predicted octanol–water partition coefficient (Wildman–Crippen LogP) is 1.88. The fraction of sp³-hybridized carbons (Fsp3) is 0.391. The number of carbonyl (C=O) groups is 1. The summed E-state index contributed by atoms with van der Waals surface area (Å²) >= 11 is 0. The van der Waals surface area contributed by atoms with Crippen molar-refractivity contribution in [3.63, 3.8) is 0 Å². The van der Waals surface area contributed by atoms with Crippen LogP contribution >= 0.6 is 0 Å². The van der Waals surface area contributed by atoms with E-state index in [0.717, 1.165) is 6.07 Å². The van der Waals surface area contributed by atoms with E-state index in [1.807, 2.05) is 0 Å². The summed E-state index contributed by atoms with van der Waals surface area (Å²) in [4.78, 5) is 39.5. The fourth-order valence-electron chi connectivity index (χ4n) is 4.39. The predicted molar refractivity (Wildman–Crippen MR) is 132 cm³/mol. The summed E-state index contributed by atoms with van der Waals surface area (Å²) in [5, 5.41) is 11.8. The van der Waals surface area contributed by atoms with Gasteiger partial charge in [0.1, 0.15) is 12.2 Å². The SMILES string of the molecule is CCN(CC)S(=O)(=O)c1ccc(N2CCN(C(=O)Cn3c(=O)oc4ccccc43)CC2)c([N+](=O)[O-])c1. The Balaban J connectivity index is 1.49. The highest BCUT2D eigenvalue weighted by Crippen LogP contribution is 2.32. The van der Waals surface area contributed by atoms with Gasteiger partial charge in [0.2, 0.25) is 15.9 Å². The van der Waals surface area contributed by atoms with Gasteiger partial charge in [0, 0.05) is 45.3 Å². The molecule has 12 nitrogen and oxygen atoms in total. The molecule has 1 aliphatic rings. The van der Waals surface area contributed by atoms with Crippen molar-refractivity contribution in [2.24, 2.45) is 0 Å². The molecule has 2 aromatic carbocycles. The zero-order chi connectivity index (χ0) is 26.0. The Morgan fingerprint density at radius 1 is 1.08 bits per heavy atom. The van der Waals surface area contributed by atoms with Crippen LogP contribution in [0.4, 0.5) is 11.4 Å². The molecule has 2 heterocycles. The van der Waals surface area contributed by atoms with Gasteiger partial charge in [0.15, 0.2) is 5.58 Å². The van der Waals surface area contributed by atoms with Gasteiger partial charge in [0.25, 0.3) is 5.69 Å². The van der Waals surface area contributed by atoms with Gasteiger partial charge < -0.3 is 14.2 Å². The number of anilines is 1. The first-order chi connectivity index (χ1) is 17.2. The van der Waals surface area contributed by atoms with E-state index in [9.17, 15) is 28.1 Å². The second-order valence-corrected chi connectivity index (χ2v) is 10.2. The first kappa shape index (κ1) is 25.4. The second-order valence-electron chi connectivity index (χ2n) is 8.29. The lowest BCUT2D eigenvalue weighted by Crippen LogP contribution is -2.50. The van der Waals surface area contributed by atoms with Crippen LogP contribution in [0.3, 0.4) is 0 Å². The first-order valence-electron chi connectivity index (χ1n) is 11.6. The van der Waals surface area contributed by atoms with Crippen molar-refractivity contribution < 1.29 is 22.6 Å². The Kier molecular flexibility index (Phi) is 7.13. The van der Waals surface area contributed by atoms with Crippen LogP contribution in [-0.2, 0) is 21.4 Å². The number of nitrogens with zero attached hydrogens (tertiary/aromatic N) is 5. The highest BCUT2D eigenvalue weighted by molar-refractivity contribution is 7.89. The topological polar surface area (TPSA) is 139 Å². The van der Waals surface area contributed by atoms with Gasteiger partial charge >= 0.3 is 5.76 Å². The fourth-order valence-corrected chi connectivity index (χ4v) is 5.86. The number of nitro groups is 1. The monoisotopic (exact) mass is 517 g/mol. The van der Waals surface area contributed by atoms with Crippen LogP contribution in [0.1, 0.15) is 13.8 Å². The molecule has 13 heteroatoms. The number of fused-ring (bicyclic) bond motifs is 1. The molecule has 0 spiro atoms. The van der Waals surface area contributed by atoms with Gasteiger partial charge in [-0.25, -0.2) is 13.2 Å². The zero-order valence-corrected chi connectivity index (χ0v) is 20.8. The summed E-state index contributed by atoms with van der Waals surface area (Å²) in [6, 6.07) is 10.8. The number of amides is 1. The van der Waals surface area contributed by atoms with Crippen molar-refractivity contribution in [3.05, 3.63) is 63.1 Å². The standard InChI is InChI=1S/C23H27N5O7S/c1-3-26(4-2)36(33,34)17-9-10-18(20(15-17)28(31)32)24-11-13-25(14-12-24)22(29)16-27-19-7-5-6-8-21(19)35-23(27)30/h5-10,15H,3-4,11-14,16H2,1-2H3. The minimum Gasteiger partial charge on any atom is -0.408 e. The van der Waals surface area contributed by atoms with E-state index < -0.39 is 20.7 Å². The molecule has 0 radical (unpaired) electrons. The molecule has 192 valence electrons. The van der Waals surface area contributed by atoms with E-state index in [1.165, 1.54) is 21.0 Å². The Labute approximate surface area is 207 Å². The van der Waals surface area contributed by atoms with Crippen LogP contribution in [-0.4, -0.2) is 72.3 Å². The third-order valence-corrected chi connectivity index (χ3v) is 8.37. The maximum atomic E-state index is 12.9. The minimum atomic E-state index is -3.85. The summed E-state index contributed by atoms with van der Waals surface area (Å²) < 4.78 is 33.4. The van der Waals surface area contributed by atoms with Crippen molar-refractivity contribution in [1.29, 1.82) is 0 Å². The number of carbonyl (C=O) groups excluding carboxylic acids is 1. The highest BCUT2D eigenvalue weighted by atomic mass is 32.2. The molecule has 3 aromatic rings. The number of sulfonamides is 1. The summed E-state index contributed by atoms with van der Waals surface area (Å²) in [7, 11) is -3.85. The van der Waals surface area contributed by atoms with Gasteiger partial charge in [-0.15, -0.1) is 0 Å². The van der Waals surface area contributed by atoms with Gasteiger partial charge in [-0.05, 0) is 24.3 Å². The molecule has 1 amide bonds. The van der Waals surface area contributed by atoms with Crippen molar-refractivity contribution in [2.75, 3.05) is 44.2 Å². The molecule has 1 saturated heterocycles. The molecule has 0 aliphatic carbocycles. The van der Waals surface area contributed by atoms with Gasteiger partial charge in [-0.1, -0.05) is 26.0 Å². The molecule has 4 rings (SSSR count). The number of aromatic nitrogens is 1. The number of hydrogen-bond donors (Lipinski definition) is 0. The van der Waals surface area contributed by atoms with Crippen LogP contribution < -0.4 is 10.7 Å². The smallest absolute Gasteiger partial charge is 0.408 e. The molecule has 0 saturated carbocycles. The Bertz CT molecular complexity index is 1450. The summed E-state index contributed by atoms with van der Waals surface area (Å²) in [5.74, 6) is -0.878. The molecule has 0 N–H and O–H groups in total. The van der Waals surface area contributed by atoms with E-state index in [2.05, 4.69) is 0 Å².